The minimum Gasteiger partial charge on any atom is -0.316 e. The van der Waals surface area contributed by atoms with Crippen LogP contribution in [0.25, 0.3) is 0 Å². The fourth-order valence-corrected chi connectivity index (χ4v) is 1.12. The maximum absolute atomic E-state index is 5.99. The quantitative estimate of drug-likeness (QED) is 0.489. The molecule has 0 spiro atoms. The van der Waals surface area contributed by atoms with Crippen molar-refractivity contribution in [1.82, 2.24) is 4.98 Å². The van der Waals surface area contributed by atoms with Crippen molar-refractivity contribution in [2.75, 3.05) is 7.05 Å². The first kappa shape index (κ1) is 9.76. The largest absolute Gasteiger partial charge is 0.327 e. The maximum Gasteiger partial charge on any atom is 0.327 e. The molecule has 0 saturated heterocycles. The van der Waals surface area contributed by atoms with E-state index in [1.165, 1.54) is 0 Å². The van der Waals surface area contributed by atoms with E-state index in [4.69, 9.17) is 22.2 Å². The zero-order valence-electron chi connectivity index (χ0n) is 6.26. The third kappa shape index (κ3) is 2.46. The van der Waals surface area contributed by atoms with E-state index >= 15 is 0 Å². The van der Waals surface area contributed by atoms with Crippen LogP contribution in [0.1, 0.15) is 20.8 Å². The molecule has 0 aliphatic rings. The molecule has 0 heterocycles. The van der Waals surface area contributed by atoms with Gasteiger partial charge in [0.15, 0.2) is 0 Å². The van der Waals surface area contributed by atoms with E-state index in [0.29, 0.717) is 0 Å². The van der Waals surface area contributed by atoms with Crippen molar-refractivity contribution in [2.45, 2.75) is 25.8 Å². The molecule has 9 heavy (non-hydrogen) atoms. The number of rotatable bonds is 1. The summed E-state index contributed by atoms with van der Waals surface area (Å²) in [7, 11) is 1.80. The van der Waals surface area contributed by atoms with Crippen LogP contribution in [-0.4, -0.2) is 13.9 Å². The lowest BCUT2D eigenvalue weighted by atomic mass is 10.3. The molecular formula is C5H13Cl2NSi. The lowest BCUT2D eigenvalue weighted by molar-refractivity contribution is 0.727. The van der Waals surface area contributed by atoms with Crippen molar-refractivity contribution in [2.24, 2.45) is 0 Å². The highest BCUT2D eigenvalue weighted by molar-refractivity contribution is 7.45. The van der Waals surface area contributed by atoms with Crippen molar-refractivity contribution in [3.8, 4) is 0 Å². The monoisotopic (exact) mass is 185 g/mol. The Kier molecular flexibility index (Phi) is 3.02. The molecule has 0 aliphatic carbocycles. The second-order valence-corrected chi connectivity index (χ2v) is 10.2. The molecule has 0 aliphatic heterocycles. The summed E-state index contributed by atoms with van der Waals surface area (Å²) in [4.78, 5) is 2.95. The summed E-state index contributed by atoms with van der Waals surface area (Å²) in [5, 5.41) is 0.00482. The van der Waals surface area contributed by atoms with E-state index in [1.54, 1.807) is 7.05 Å². The number of halogens is 2. The first-order chi connectivity index (χ1) is 3.81. The van der Waals surface area contributed by atoms with Crippen LogP contribution in [0.15, 0.2) is 0 Å². The van der Waals surface area contributed by atoms with Gasteiger partial charge in [-0.1, -0.05) is 20.8 Å². The Bertz CT molecular complexity index is 97.6. The van der Waals surface area contributed by atoms with Crippen LogP contribution in [0.3, 0.4) is 0 Å². The Morgan fingerprint density at radius 1 is 1.22 bits per heavy atom. The highest BCUT2D eigenvalue weighted by Gasteiger charge is 2.40. The van der Waals surface area contributed by atoms with Gasteiger partial charge in [-0.05, 0) is 12.1 Å². The molecular weight excluding hydrogens is 173 g/mol. The van der Waals surface area contributed by atoms with Crippen LogP contribution >= 0.6 is 22.2 Å². The summed E-state index contributed by atoms with van der Waals surface area (Å²) in [6.07, 6.45) is 0. The van der Waals surface area contributed by atoms with Gasteiger partial charge in [0.25, 0.3) is 0 Å². The molecule has 0 rings (SSSR count). The average Bonchev–Trinajstić information content (AvgIpc) is 1.64. The molecule has 0 aromatic rings. The van der Waals surface area contributed by atoms with Crippen molar-refractivity contribution >= 4 is 29.0 Å². The van der Waals surface area contributed by atoms with Gasteiger partial charge in [-0.25, -0.2) is 0 Å². The zero-order valence-corrected chi connectivity index (χ0v) is 8.77. The zero-order chi connectivity index (χ0) is 7.71. The second kappa shape index (κ2) is 2.78. The minimum atomic E-state index is -2.18. The molecule has 0 amide bonds. The van der Waals surface area contributed by atoms with Crippen LogP contribution in [0.5, 0.6) is 0 Å². The Morgan fingerprint density at radius 3 is 1.56 bits per heavy atom. The van der Waals surface area contributed by atoms with Crippen LogP contribution in [0.4, 0.5) is 0 Å². The van der Waals surface area contributed by atoms with E-state index in [-0.39, 0.29) is 5.04 Å². The molecule has 0 unspecified atom stereocenters. The van der Waals surface area contributed by atoms with Gasteiger partial charge in [-0.2, -0.15) is 0 Å². The molecule has 0 radical (unpaired) electrons. The molecule has 4 heteroatoms. The molecule has 0 saturated carbocycles. The van der Waals surface area contributed by atoms with E-state index in [2.05, 4.69) is 4.98 Å². The van der Waals surface area contributed by atoms with Crippen LogP contribution in [-0.2, 0) is 0 Å². The average molecular weight is 186 g/mol. The van der Waals surface area contributed by atoms with Crippen LogP contribution in [0, 0.1) is 0 Å². The number of hydrogen-bond acceptors (Lipinski definition) is 1. The molecule has 0 atom stereocenters. The second-order valence-electron chi connectivity index (χ2n) is 3.07. The summed E-state index contributed by atoms with van der Waals surface area (Å²) >= 11 is 12.0. The summed E-state index contributed by atoms with van der Waals surface area (Å²) in [5.41, 5.74) is 0. The normalized spacial score (nSPS) is 14.0. The van der Waals surface area contributed by atoms with Gasteiger partial charge in [0.2, 0.25) is 0 Å². The Morgan fingerprint density at radius 2 is 1.56 bits per heavy atom. The third-order valence-electron chi connectivity index (χ3n) is 1.26. The number of nitrogens with one attached hydrogen (secondary N) is 1. The van der Waals surface area contributed by atoms with Crippen LogP contribution < -0.4 is 4.98 Å². The predicted octanol–water partition coefficient (Wildman–Crippen LogP) is 2.42. The smallest absolute Gasteiger partial charge is 0.316 e. The van der Waals surface area contributed by atoms with Gasteiger partial charge >= 0.3 is 6.86 Å². The Labute approximate surface area is 67.2 Å². The Balaban J connectivity index is 4.14. The van der Waals surface area contributed by atoms with Gasteiger partial charge in [-0.3, -0.25) is 0 Å². The maximum atomic E-state index is 5.99. The van der Waals surface area contributed by atoms with Crippen molar-refractivity contribution in [1.29, 1.82) is 0 Å². The highest BCUT2D eigenvalue weighted by Crippen LogP contribution is 2.39. The van der Waals surface area contributed by atoms with E-state index in [0.717, 1.165) is 0 Å². The van der Waals surface area contributed by atoms with E-state index in [9.17, 15) is 0 Å². The fourth-order valence-electron chi connectivity index (χ4n) is 0.375. The highest BCUT2D eigenvalue weighted by atomic mass is 35.7. The molecule has 1 N–H and O–H groups in total. The van der Waals surface area contributed by atoms with Crippen molar-refractivity contribution in [3.63, 3.8) is 0 Å². The molecule has 0 bridgehead atoms. The lowest BCUT2D eigenvalue weighted by Gasteiger charge is -2.29. The first-order valence-electron chi connectivity index (χ1n) is 2.88. The summed E-state index contributed by atoms with van der Waals surface area (Å²) in [6.45, 7) is 3.93. The van der Waals surface area contributed by atoms with Gasteiger partial charge in [0.05, 0.1) is 0 Å². The molecule has 0 aromatic heterocycles. The summed E-state index contributed by atoms with van der Waals surface area (Å²) < 4.78 is 0. The van der Waals surface area contributed by atoms with Gasteiger partial charge < -0.3 is 4.98 Å². The summed E-state index contributed by atoms with van der Waals surface area (Å²) in [6, 6.07) is 0. The third-order valence-corrected chi connectivity index (χ3v) is 8.30. The SMILES string of the molecule is CN[Si](Cl)(Cl)C(C)(C)C. The number of hydrogen-bond donors (Lipinski definition) is 1. The van der Waals surface area contributed by atoms with Gasteiger partial charge in [0, 0.05) is 0 Å². The minimum absolute atomic E-state index is 0.00482. The topological polar surface area (TPSA) is 12.0 Å². The van der Waals surface area contributed by atoms with Crippen molar-refractivity contribution in [3.05, 3.63) is 0 Å². The lowest BCUT2D eigenvalue weighted by Crippen LogP contribution is -2.45. The fraction of sp³-hybridized carbons (Fsp3) is 1.00. The van der Waals surface area contributed by atoms with E-state index < -0.39 is 6.86 Å². The Hall–Kier alpha value is 0.757. The summed E-state index contributed by atoms with van der Waals surface area (Å²) in [5.74, 6) is 0. The molecule has 1 nitrogen and oxygen atoms in total. The van der Waals surface area contributed by atoms with E-state index in [1.807, 2.05) is 20.8 Å². The predicted molar refractivity (Wildman–Crippen MR) is 46.2 cm³/mol. The van der Waals surface area contributed by atoms with Gasteiger partial charge in [-0.15, -0.1) is 22.2 Å². The molecule has 56 valence electrons. The molecule has 0 aromatic carbocycles. The first-order valence-corrected chi connectivity index (χ1v) is 6.90. The van der Waals surface area contributed by atoms with Gasteiger partial charge in [0.1, 0.15) is 0 Å². The molecule has 0 fully saturated rings. The van der Waals surface area contributed by atoms with Crippen LogP contribution in [0.2, 0.25) is 5.04 Å². The standard InChI is InChI=1S/C5H13Cl2NSi/c1-5(2,3)9(6,7)8-4/h8H,1-4H3. The van der Waals surface area contributed by atoms with Crippen molar-refractivity contribution < 1.29 is 0 Å².